The number of amides is 2. The number of nitrogens with two attached hydrogens (primary N) is 1. The number of Topliss-reactive ketones (excluding diaryl/α,β-unsaturated/α-hetero) is 1. The molecule has 2 fully saturated rings. The number of nitrogens with one attached hydrogen (secondary N) is 2. The van der Waals surface area contributed by atoms with Crippen LogP contribution in [0.2, 0.25) is 0 Å². The Bertz CT molecular complexity index is 468. The molecular weight excluding hydrogens is 370 g/mol. The van der Waals surface area contributed by atoms with E-state index in [1.807, 2.05) is 18.7 Å². The minimum absolute atomic E-state index is 0.0417. The molecule has 2 saturated heterocycles. The van der Waals surface area contributed by atoms with Crippen LogP contribution in [0.25, 0.3) is 0 Å². The number of thioether (sulfide) groups is 1. The summed E-state index contributed by atoms with van der Waals surface area (Å²) in [5.41, 5.74) is 5.89. The van der Waals surface area contributed by atoms with Gasteiger partial charge in [0.15, 0.2) is 5.78 Å². The predicted octanol–water partition coefficient (Wildman–Crippen LogP) is 0.678. The second-order valence-corrected chi connectivity index (χ2v) is 8.10. The average Bonchev–Trinajstić information content (AvgIpc) is 3.20. The first-order chi connectivity index (χ1) is 13.1. The molecule has 0 aromatic rings. The van der Waals surface area contributed by atoms with E-state index in [1.165, 1.54) is 0 Å². The van der Waals surface area contributed by atoms with Crippen LogP contribution in [0.15, 0.2) is 0 Å². The fraction of sp³-hybridized carbons (Fsp3) is 0.889. The molecule has 27 heavy (non-hydrogen) atoms. The molecule has 2 aliphatic rings. The van der Waals surface area contributed by atoms with Gasteiger partial charge < -0.3 is 30.6 Å². The van der Waals surface area contributed by atoms with E-state index >= 15 is 0 Å². The summed E-state index contributed by atoms with van der Waals surface area (Å²) < 4.78 is 15.9. The number of hydrogen-bond acceptors (Lipinski definition) is 7. The van der Waals surface area contributed by atoms with Crippen molar-refractivity contribution >= 4 is 23.6 Å². The monoisotopic (exact) mass is 403 g/mol. The van der Waals surface area contributed by atoms with Gasteiger partial charge in [0, 0.05) is 24.0 Å². The Kier molecular flexibility index (Phi) is 10.4. The number of carbonyl (C=O) groups is 2. The molecule has 2 rings (SSSR count). The van der Waals surface area contributed by atoms with E-state index in [9.17, 15) is 9.59 Å². The number of rotatable bonds is 15. The quantitative estimate of drug-likeness (QED) is 0.272. The second kappa shape index (κ2) is 12.6. The van der Waals surface area contributed by atoms with Gasteiger partial charge in [0.1, 0.15) is 0 Å². The Morgan fingerprint density at radius 2 is 1.93 bits per heavy atom. The van der Waals surface area contributed by atoms with Crippen molar-refractivity contribution in [2.45, 2.75) is 56.0 Å². The summed E-state index contributed by atoms with van der Waals surface area (Å²) in [4.78, 5) is 23.4. The number of urea groups is 1. The number of hydrogen-bond donors (Lipinski definition) is 3. The highest BCUT2D eigenvalue weighted by atomic mass is 32.2. The minimum atomic E-state index is -0.572. The van der Waals surface area contributed by atoms with E-state index in [2.05, 4.69) is 10.6 Å². The molecule has 0 spiro atoms. The summed E-state index contributed by atoms with van der Waals surface area (Å²) in [5, 5.41) is 6.36. The van der Waals surface area contributed by atoms with Gasteiger partial charge in [0.25, 0.3) is 0 Å². The van der Waals surface area contributed by atoms with Crippen LogP contribution in [0.1, 0.15) is 32.6 Å². The zero-order chi connectivity index (χ0) is 19.5. The molecule has 1 unspecified atom stereocenters. The van der Waals surface area contributed by atoms with Gasteiger partial charge in [-0.3, -0.25) is 4.79 Å². The molecule has 0 bridgehead atoms. The first-order valence-corrected chi connectivity index (χ1v) is 10.9. The molecule has 156 valence electrons. The van der Waals surface area contributed by atoms with Crippen molar-refractivity contribution in [1.29, 1.82) is 0 Å². The van der Waals surface area contributed by atoms with Crippen molar-refractivity contribution in [2.24, 2.45) is 5.73 Å². The molecule has 0 radical (unpaired) electrons. The summed E-state index contributed by atoms with van der Waals surface area (Å²) in [5.74, 6) is 1.00. The Morgan fingerprint density at radius 3 is 2.70 bits per heavy atom. The third-order valence-electron chi connectivity index (χ3n) is 4.76. The van der Waals surface area contributed by atoms with E-state index in [0.717, 1.165) is 25.0 Å². The Balaban J connectivity index is 1.45. The summed E-state index contributed by atoms with van der Waals surface area (Å²) >= 11 is 1.90. The van der Waals surface area contributed by atoms with Crippen LogP contribution in [0, 0.1) is 0 Å². The molecule has 4 atom stereocenters. The fourth-order valence-corrected chi connectivity index (χ4v) is 4.80. The lowest BCUT2D eigenvalue weighted by Crippen LogP contribution is -2.37. The van der Waals surface area contributed by atoms with Gasteiger partial charge in [-0.2, -0.15) is 11.8 Å². The van der Waals surface area contributed by atoms with Crippen LogP contribution in [0.3, 0.4) is 0 Å². The van der Waals surface area contributed by atoms with Crippen LogP contribution in [-0.4, -0.2) is 80.6 Å². The van der Waals surface area contributed by atoms with E-state index in [0.29, 0.717) is 44.7 Å². The van der Waals surface area contributed by atoms with E-state index in [4.69, 9.17) is 19.9 Å². The minimum Gasteiger partial charge on any atom is -0.379 e. The standard InChI is InChI=1S/C18H33N3O5S/c1-2-24-7-8-25-9-10-26-11-13(19)15(22)5-3-4-6-16-17-14(12-27-16)20-18(23)21-17/h13-14,16-17H,2-12,19H2,1H3,(H2,20,21,23)/t13?,14-,16-,17-/m0/s1. The average molecular weight is 404 g/mol. The van der Waals surface area contributed by atoms with Crippen LogP contribution < -0.4 is 16.4 Å². The topological polar surface area (TPSA) is 112 Å². The highest BCUT2D eigenvalue weighted by Crippen LogP contribution is 2.33. The van der Waals surface area contributed by atoms with Crippen molar-refractivity contribution in [3.8, 4) is 0 Å². The van der Waals surface area contributed by atoms with Gasteiger partial charge >= 0.3 is 6.03 Å². The van der Waals surface area contributed by atoms with Gasteiger partial charge in [-0.15, -0.1) is 0 Å². The smallest absolute Gasteiger partial charge is 0.315 e. The molecule has 0 aliphatic carbocycles. The molecule has 8 nitrogen and oxygen atoms in total. The third kappa shape index (κ3) is 7.95. The van der Waals surface area contributed by atoms with E-state index < -0.39 is 6.04 Å². The van der Waals surface area contributed by atoms with E-state index in [-0.39, 0.29) is 30.5 Å². The Hall–Kier alpha value is -0.870. The summed E-state index contributed by atoms with van der Waals surface area (Å²) in [6.07, 6.45) is 3.27. The second-order valence-electron chi connectivity index (χ2n) is 6.82. The Morgan fingerprint density at radius 1 is 1.19 bits per heavy atom. The summed E-state index contributed by atoms with van der Waals surface area (Å²) in [6, 6.07) is -0.152. The number of unbranched alkanes of at least 4 members (excludes halogenated alkanes) is 1. The number of fused-ring (bicyclic) bond motifs is 1. The van der Waals surface area contributed by atoms with Crippen LogP contribution in [0.4, 0.5) is 4.79 Å². The van der Waals surface area contributed by atoms with Crippen LogP contribution in [0.5, 0.6) is 0 Å². The molecule has 2 aliphatic heterocycles. The number of ether oxygens (including phenoxy) is 3. The van der Waals surface area contributed by atoms with Gasteiger partial charge in [0.05, 0.1) is 51.2 Å². The molecule has 2 amide bonds. The highest BCUT2D eigenvalue weighted by molar-refractivity contribution is 8.00. The van der Waals surface area contributed by atoms with Crippen molar-refractivity contribution in [1.82, 2.24) is 10.6 Å². The third-order valence-corrected chi connectivity index (χ3v) is 6.27. The highest BCUT2D eigenvalue weighted by Gasteiger charge is 2.42. The normalized spacial score (nSPS) is 25.1. The molecule has 9 heteroatoms. The molecule has 0 aromatic heterocycles. The fourth-order valence-electron chi connectivity index (χ4n) is 3.26. The summed E-state index contributed by atoms with van der Waals surface area (Å²) in [6.45, 7) is 4.88. The van der Waals surface area contributed by atoms with Crippen LogP contribution >= 0.6 is 11.8 Å². The predicted molar refractivity (Wildman–Crippen MR) is 105 cm³/mol. The zero-order valence-electron chi connectivity index (χ0n) is 16.1. The number of carbonyl (C=O) groups excluding carboxylic acids is 2. The lowest BCUT2D eigenvalue weighted by molar-refractivity contribution is -0.121. The molecule has 2 heterocycles. The van der Waals surface area contributed by atoms with Crippen LogP contribution in [-0.2, 0) is 19.0 Å². The lowest BCUT2D eigenvalue weighted by atomic mass is 10.0. The van der Waals surface area contributed by atoms with Crippen molar-refractivity contribution < 1.29 is 23.8 Å². The first kappa shape index (κ1) is 22.4. The SMILES string of the molecule is CCOCCOCCOCC(N)C(=O)CCCC[C@@H]1SC[C@@H]2NC(=O)N[C@@H]21. The first-order valence-electron chi connectivity index (χ1n) is 9.82. The Labute approximate surface area is 165 Å². The molecule has 4 N–H and O–H groups in total. The van der Waals surface area contributed by atoms with Crippen molar-refractivity contribution in [3.63, 3.8) is 0 Å². The van der Waals surface area contributed by atoms with Gasteiger partial charge in [-0.05, 0) is 19.8 Å². The maximum Gasteiger partial charge on any atom is 0.315 e. The maximum atomic E-state index is 12.1. The lowest BCUT2D eigenvalue weighted by Gasteiger charge is -2.16. The largest absolute Gasteiger partial charge is 0.379 e. The molecule has 0 saturated carbocycles. The summed E-state index contributed by atoms with van der Waals surface area (Å²) in [7, 11) is 0. The zero-order valence-corrected chi connectivity index (χ0v) is 16.9. The van der Waals surface area contributed by atoms with Gasteiger partial charge in [-0.25, -0.2) is 4.79 Å². The van der Waals surface area contributed by atoms with E-state index in [1.54, 1.807) is 0 Å². The molecule has 0 aromatic carbocycles. The van der Waals surface area contributed by atoms with Crippen molar-refractivity contribution in [3.05, 3.63) is 0 Å². The molecular formula is C18H33N3O5S. The van der Waals surface area contributed by atoms with Gasteiger partial charge in [0.2, 0.25) is 0 Å². The van der Waals surface area contributed by atoms with Gasteiger partial charge in [-0.1, -0.05) is 6.42 Å². The maximum absolute atomic E-state index is 12.1. The number of ketones is 1. The van der Waals surface area contributed by atoms with Crippen molar-refractivity contribution in [2.75, 3.05) is 45.4 Å².